The summed E-state index contributed by atoms with van der Waals surface area (Å²) in [6.45, 7) is 6.53. The van der Waals surface area contributed by atoms with Gasteiger partial charge in [-0.1, -0.05) is 13.8 Å². The number of hydrogen-bond donors (Lipinski definition) is 1. The van der Waals surface area contributed by atoms with Crippen LogP contribution in [0.2, 0.25) is 0 Å². The highest BCUT2D eigenvalue weighted by molar-refractivity contribution is 5.05. The average Bonchev–Trinajstić information content (AvgIpc) is 3.07. The second-order valence-corrected chi connectivity index (χ2v) is 5.15. The third-order valence-corrected chi connectivity index (χ3v) is 3.54. The van der Waals surface area contributed by atoms with Crippen molar-refractivity contribution in [1.29, 1.82) is 0 Å². The zero-order valence-corrected chi connectivity index (χ0v) is 11.2. The SMILES string of the molecule is CCCn1cc(CCC(NCC)C2CC2)cn1. The smallest absolute Gasteiger partial charge is 0.0521 e. The molecule has 1 aromatic heterocycles. The molecule has 1 N–H and O–H groups in total. The number of aryl methyl sites for hydroxylation is 2. The zero-order chi connectivity index (χ0) is 12.1. The van der Waals surface area contributed by atoms with E-state index in [0.717, 1.165) is 37.9 Å². The molecule has 1 atom stereocenters. The highest BCUT2D eigenvalue weighted by Crippen LogP contribution is 2.34. The van der Waals surface area contributed by atoms with Crippen molar-refractivity contribution in [2.24, 2.45) is 5.92 Å². The molecule has 96 valence electrons. The highest BCUT2D eigenvalue weighted by atomic mass is 15.3. The van der Waals surface area contributed by atoms with Crippen LogP contribution in [0.25, 0.3) is 0 Å². The first-order valence-corrected chi connectivity index (χ1v) is 7.08. The first-order chi connectivity index (χ1) is 8.33. The van der Waals surface area contributed by atoms with E-state index >= 15 is 0 Å². The van der Waals surface area contributed by atoms with E-state index in [1.165, 1.54) is 24.8 Å². The van der Waals surface area contributed by atoms with Gasteiger partial charge >= 0.3 is 0 Å². The Morgan fingerprint density at radius 1 is 1.47 bits per heavy atom. The zero-order valence-electron chi connectivity index (χ0n) is 11.2. The molecule has 0 bridgehead atoms. The molecule has 0 aromatic carbocycles. The van der Waals surface area contributed by atoms with Crippen molar-refractivity contribution in [3.05, 3.63) is 18.0 Å². The lowest BCUT2D eigenvalue weighted by Crippen LogP contribution is -2.31. The van der Waals surface area contributed by atoms with Crippen LogP contribution in [0.3, 0.4) is 0 Å². The normalized spacial score (nSPS) is 17.3. The van der Waals surface area contributed by atoms with Crippen LogP contribution in [-0.2, 0) is 13.0 Å². The number of aromatic nitrogens is 2. The number of nitrogens with zero attached hydrogens (tertiary/aromatic N) is 2. The van der Waals surface area contributed by atoms with E-state index in [4.69, 9.17) is 0 Å². The average molecular weight is 235 g/mol. The number of rotatable bonds is 8. The van der Waals surface area contributed by atoms with E-state index < -0.39 is 0 Å². The van der Waals surface area contributed by atoms with E-state index in [1.54, 1.807) is 0 Å². The van der Waals surface area contributed by atoms with E-state index in [2.05, 4.69) is 35.1 Å². The second kappa shape index (κ2) is 6.20. The van der Waals surface area contributed by atoms with Gasteiger partial charge in [-0.05, 0) is 50.1 Å². The maximum atomic E-state index is 4.39. The lowest BCUT2D eigenvalue weighted by atomic mass is 10.0. The van der Waals surface area contributed by atoms with Gasteiger partial charge in [0.25, 0.3) is 0 Å². The summed E-state index contributed by atoms with van der Waals surface area (Å²) in [5.74, 6) is 0.945. The minimum absolute atomic E-state index is 0.731. The van der Waals surface area contributed by atoms with Crippen molar-refractivity contribution < 1.29 is 0 Å². The van der Waals surface area contributed by atoms with Crippen LogP contribution < -0.4 is 5.32 Å². The number of hydrogen-bond acceptors (Lipinski definition) is 2. The van der Waals surface area contributed by atoms with Gasteiger partial charge in [-0.3, -0.25) is 4.68 Å². The topological polar surface area (TPSA) is 29.9 Å². The van der Waals surface area contributed by atoms with E-state index in [-0.39, 0.29) is 0 Å². The predicted octanol–water partition coefficient (Wildman–Crippen LogP) is 2.61. The Hall–Kier alpha value is -0.830. The Labute approximate surface area is 105 Å². The molecule has 0 amide bonds. The molecule has 0 radical (unpaired) electrons. The van der Waals surface area contributed by atoms with Gasteiger partial charge in [0, 0.05) is 18.8 Å². The second-order valence-electron chi connectivity index (χ2n) is 5.15. The molecular weight excluding hydrogens is 210 g/mol. The Morgan fingerprint density at radius 3 is 2.94 bits per heavy atom. The molecule has 1 unspecified atom stereocenters. The molecule has 2 rings (SSSR count). The van der Waals surface area contributed by atoms with Gasteiger partial charge in [-0.15, -0.1) is 0 Å². The van der Waals surface area contributed by atoms with Gasteiger partial charge in [0.15, 0.2) is 0 Å². The van der Waals surface area contributed by atoms with Crippen LogP contribution in [0.4, 0.5) is 0 Å². The molecule has 1 aromatic rings. The molecule has 1 saturated carbocycles. The molecule has 3 heteroatoms. The fraction of sp³-hybridized carbons (Fsp3) is 0.786. The van der Waals surface area contributed by atoms with E-state index in [1.807, 2.05) is 6.20 Å². The summed E-state index contributed by atoms with van der Waals surface area (Å²) in [6, 6.07) is 0.731. The Balaban J connectivity index is 1.78. The lowest BCUT2D eigenvalue weighted by molar-refractivity contribution is 0.446. The van der Waals surface area contributed by atoms with Crippen LogP contribution in [0, 0.1) is 5.92 Å². The van der Waals surface area contributed by atoms with Crippen molar-refractivity contribution in [2.45, 2.75) is 58.5 Å². The molecule has 1 fully saturated rings. The molecule has 1 aliphatic carbocycles. The molecule has 3 nitrogen and oxygen atoms in total. The van der Waals surface area contributed by atoms with Gasteiger partial charge in [-0.25, -0.2) is 0 Å². The standard InChI is InChI=1S/C14H25N3/c1-3-9-17-11-12(10-16-17)5-8-14(15-4-2)13-6-7-13/h10-11,13-15H,3-9H2,1-2H3. The van der Waals surface area contributed by atoms with Gasteiger partial charge in [0.05, 0.1) is 6.20 Å². The largest absolute Gasteiger partial charge is 0.314 e. The van der Waals surface area contributed by atoms with Crippen molar-refractivity contribution in [3.63, 3.8) is 0 Å². The summed E-state index contributed by atoms with van der Waals surface area (Å²) < 4.78 is 2.06. The molecule has 0 aliphatic heterocycles. The fourth-order valence-electron chi connectivity index (χ4n) is 2.47. The molecular formula is C14H25N3. The van der Waals surface area contributed by atoms with E-state index in [9.17, 15) is 0 Å². The third kappa shape index (κ3) is 3.84. The minimum atomic E-state index is 0.731. The van der Waals surface area contributed by atoms with Crippen molar-refractivity contribution in [2.75, 3.05) is 6.54 Å². The Bertz CT molecular complexity index is 328. The van der Waals surface area contributed by atoms with Crippen LogP contribution >= 0.6 is 0 Å². The van der Waals surface area contributed by atoms with Crippen LogP contribution in [0.1, 0.15) is 45.1 Å². The lowest BCUT2D eigenvalue weighted by Gasteiger charge is -2.16. The summed E-state index contributed by atoms with van der Waals surface area (Å²) in [5.41, 5.74) is 1.39. The van der Waals surface area contributed by atoms with Crippen molar-refractivity contribution in [1.82, 2.24) is 15.1 Å². The van der Waals surface area contributed by atoms with Crippen molar-refractivity contribution in [3.8, 4) is 0 Å². The van der Waals surface area contributed by atoms with Crippen LogP contribution in [0.15, 0.2) is 12.4 Å². The fourth-order valence-corrected chi connectivity index (χ4v) is 2.47. The van der Waals surface area contributed by atoms with E-state index in [0.29, 0.717) is 0 Å². The first kappa shape index (κ1) is 12.6. The van der Waals surface area contributed by atoms with Crippen LogP contribution in [-0.4, -0.2) is 22.4 Å². The monoisotopic (exact) mass is 235 g/mol. The molecule has 17 heavy (non-hydrogen) atoms. The molecule has 0 saturated heterocycles. The first-order valence-electron chi connectivity index (χ1n) is 7.08. The van der Waals surface area contributed by atoms with Gasteiger partial charge in [0.1, 0.15) is 0 Å². The maximum absolute atomic E-state index is 4.39. The van der Waals surface area contributed by atoms with Crippen LogP contribution in [0.5, 0.6) is 0 Å². The summed E-state index contributed by atoms with van der Waals surface area (Å²) in [4.78, 5) is 0. The summed E-state index contributed by atoms with van der Waals surface area (Å²) in [7, 11) is 0. The summed E-state index contributed by atoms with van der Waals surface area (Å²) >= 11 is 0. The molecule has 0 spiro atoms. The predicted molar refractivity (Wildman–Crippen MR) is 71.0 cm³/mol. The minimum Gasteiger partial charge on any atom is -0.314 e. The molecule has 1 aliphatic rings. The summed E-state index contributed by atoms with van der Waals surface area (Å²) in [6.07, 6.45) is 10.7. The number of nitrogens with one attached hydrogen (secondary N) is 1. The quantitative estimate of drug-likeness (QED) is 0.750. The van der Waals surface area contributed by atoms with Crippen molar-refractivity contribution >= 4 is 0 Å². The molecule has 1 heterocycles. The Morgan fingerprint density at radius 2 is 2.29 bits per heavy atom. The van der Waals surface area contributed by atoms with Gasteiger partial charge < -0.3 is 5.32 Å². The van der Waals surface area contributed by atoms with Gasteiger partial charge in [0.2, 0.25) is 0 Å². The van der Waals surface area contributed by atoms with Gasteiger partial charge in [-0.2, -0.15) is 5.10 Å². The highest BCUT2D eigenvalue weighted by Gasteiger charge is 2.30. The third-order valence-electron chi connectivity index (χ3n) is 3.54. The summed E-state index contributed by atoms with van der Waals surface area (Å²) in [5, 5.41) is 8.01. The Kier molecular flexibility index (Phi) is 4.60. The maximum Gasteiger partial charge on any atom is 0.0521 e.